The number of aliphatic imine (C=N–C) groups is 1. The highest BCUT2D eigenvalue weighted by molar-refractivity contribution is 8.26. The molecule has 116 valence electrons. The van der Waals surface area contributed by atoms with Crippen molar-refractivity contribution in [3.63, 3.8) is 0 Å². The van der Waals surface area contributed by atoms with Crippen molar-refractivity contribution in [3.8, 4) is 0 Å². The molecule has 0 aliphatic heterocycles. The van der Waals surface area contributed by atoms with Crippen LogP contribution >= 0.6 is 11.8 Å². The molecule has 0 atom stereocenters. The van der Waals surface area contributed by atoms with Gasteiger partial charge in [-0.3, -0.25) is 15.5 Å². The molecule has 0 saturated carbocycles. The van der Waals surface area contributed by atoms with Crippen molar-refractivity contribution in [3.05, 3.63) is 36.8 Å². The van der Waals surface area contributed by atoms with Crippen molar-refractivity contribution < 1.29 is 0 Å². The molecule has 3 heterocycles. The molecule has 3 aromatic heterocycles. The first kappa shape index (κ1) is 15.0. The van der Waals surface area contributed by atoms with Crippen molar-refractivity contribution in [1.29, 1.82) is 5.41 Å². The fraction of sp³-hybridized carbons (Fsp3) is 0.0714. The van der Waals surface area contributed by atoms with E-state index in [1.807, 2.05) is 12.1 Å². The van der Waals surface area contributed by atoms with E-state index in [9.17, 15) is 0 Å². The molecule has 9 heteroatoms. The lowest BCUT2D eigenvalue weighted by Crippen LogP contribution is -2.07. The number of H-pyrrole nitrogens is 1. The Morgan fingerprint density at radius 2 is 2.17 bits per heavy atom. The SMILES string of the molecule is CC(=N)SC(N)=Nc1ccc2ncc(Nc3cn[nH]c3)cc2n1. The van der Waals surface area contributed by atoms with E-state index < -0.39 is 0 Å². The van der Waals surface area contributed by atoms with E-state index >= 15 is 0 Å². The second-order valence-electron chi connectivity index (χ2n) is 4.65. The van der Waals surface area contributed by atoms with Gasteiger partial charge in [-0.15, -0.1) is 0 Å². The van der Waals surface area contributed by atoms with Crippen LogP contribution in [0, 0.1) is 5.41 Å². The summed E-state index contributed by atoms with van der Waals surface area (Å²) in [6.45, 7) is 1.65. The Balaban J connectivity index is 1.89. The monoisotopic (exact) mass is 326 g/mol. The molecular formula is C14H14N8S. The van der Waals surface area contributed by atoms with Crippen LogP contribution in [0.5, 0.6) is 0 Å². The summed E-state index contributed by atoms with van der Waals surface area (Å²) in [7, 11) is 0. The lowest BCUT2D eigenvalue weighted by atomic mass is 10.3. The maximum atomic E-state index is 7.40. The Morgan fingerprint density at radius 3 is 2.91 bits per heavy atom. The first-order valence-electron chi connectivity index (χ1n) is 6.70. The summed E-state index contributed by atoms with van der Waals surface area (Å²) in [5.41, 5.74) is 8.86. The number of amidine groups is 1. The molecule has 8 nitrogen and oxygen atoms in total. The van der Waals surface area contributed by atoms with Gasteiger partial charge in [0.05, 0.1) is 39.8 Å². The van der Waals surface area contributed by atoms with Gasteiger partial charge in [-0.25, -0.2) is 9.98 Å². The molecule has 0 radical (unpaired) electrons. The van der Waals surface area contributed by atoms with Crippen LogP contribution in [0.2, 0.25) is 0 Å². The number of nitrogens with one attached hydrogen (secondary N) is 3. The molecule has 3 aromatic rings. The molecular weight excluding hydrogens is 312 g/mol. The summed E-state index contributed by atoms with van der Waals surface area (Å²) >= 11 is 1.09. The number of hydrogen-bond acceptors (Lipinski definition) is 7. The van der Waals surface area contributed by atoms with Gasteiger partial charge in [-0.1, -0.05) is 0 Å². The van der Waals surface area contributed by atoms with Crippen LogP contribution in [0.1, 0.15) is 6.92 Å². The third kappa shape index (κ3) is 3.83. The number of nitrogens with two attached hydrogens (primary N) is 1. The number of aromatic amines is 1. The molecule has 0 spiro atoms. The number of thioether (sulfide) groups is 1. The third-order valence-corrected chi connectivity index (χ3v) is 3.40. The van der Waals surface area contributed by atoms with E-state index in [4.69, 9.17) is 11.1 Å². The largest absolute Gasteiger partial charge is 0.378 e. The lowest BCUT2D eigenvalue weighted by molar-refractivity contribution is 1.09. The van der Waals surface area contributed by atoms with E-state index in [-0.39, 0.29) is 5.17 Å². The van der Waals surface area contributed by atoms with Gasteiger partial charge in [0.2, 0.25) is 0 Å². The van der Waals surface area contributed by atoms with Crippen molar-refractivity contribution in [2.45, 2.75) is 6.92 Å². The van der Waals surface area contributed by atoms with Gasteiger partial charge in [-0.2, -0.15) is 5.10 Å². The molecule has 0 bridgehead atoms. The van der Waals surface area contributed by atoms with Gasteiger partial charge in [0, 0.05) is 6.20 Å². The summed E-state index contributed by atoms with van der Waals surface area (Å²) in [6.07, 6.45) is 5.15. The summed E-state index contributed by atoms with van der Waals surface area (Å²) < 4.78 is 0. The summed E-state index contributed by atoms with van der Waals surface area (Å²) in [5, 5.41) is 17.8. The molecule has 0 aromatic carbocycles. The Kier molecular flexibility index (Phi) is 4.20. The minimum atomic E-state index is 0.282. The molecule has 0 amide bonds. The van der Waals surface area contributed by atoms with E-state index in [0.29, 0.717) is 16.4 Å². The lowest BCUT2D eigenvalue weighted by Gasteiger charge is -2.05. The second-order valence-corrected chi connectivity index (χ2v) is 5.89. The Morgan fingerprint density at radius 1 is 1.30 bits per heavy atom. The van der Waals surface area contributed by atoms with E-state index in [1.165, 1.54) is 0 Å². The zero-order chi connectivity index (χ0) is 16.2. The molecule has 3 rings (SSSR count). The van der Waals surface area contributed by atoms with Crippen LogP contribution in [0.3, 0.4) is 0 Å². The number of aromatic nitrogens is 4. The number of anilines is 2. The Bertz CT molecular complexity index is 872. The van der Waals surface area contributed by atoms with Crippen molar-refractivity contribution >= 4 is 50.2 Å². The van der Waals surface area contributed by atoms with Crippen LogP contribution in [0.4, 0.5) is 17.2 Å². The summed E-state index contributed by atoms with van der Waals surface area (Å²) in [5.74, 6) is 0.478. The third-order valence-electron chi connectivity index (χ3n) is 2.79. The number of fused-ring (bicyclic) bond motifs is 1. The zero-order valence-corrected chi connectivity index (χ0v) is 13.1. The first-order chi connectivity index (χ1) is 11.1. The number of hydrogen-bond donors (Lipinski definition) is 4. The molecule has 0 fully saturated rings. The molecule has 0 saturated heterocycles. The molecule has 23 heavy (non-hydrogen) atoms. The first-order valence-corrected chi connectivity index (χ1v) is 7.51. The van der Waals surface area contributed by atoms with E-state index in [1.54, 1.807) is 31.6 Å². The van der Waals surface area contributed by atoms with Crippen LogP contribution in [-0.2, 0) is 0 Å². The predicted molar refractivity (Wildman–Crippen MR) is 93.7 cm³/mol. The average Bonchev–Trinajstić information content (AvgIpc) is 2.99. The van der Waals surface area contributed by atoms with Gasteiger partial charge >= 0.3 is 0 Å². The predicted octanol–water partition coefficient (Wildman–Crippen LogP) is 2.77. The Hall–Kier alpha value is -2.94. The van der Waals surface area contributed by atoms with Crippen molar-refractivity contribution in [1.82, 2.24) is 20.2 Å². The van der Waals surface area contributed by atoms with Crippen LogP contribution in [-0.4, -0.2) is 30.4 Å². The minimum Gasteiger partial charge on any atom is -0.378 e. The number of nitrogens with zero attached hydrogens (tertiary/aromatic N) is 4. The quantitative estimate of drug-likeness (QED) is 0.432. The van der Waals surface area contributed by atoms with Gasteiger partial charge in [0.1, 0.15) is 0 Å². The highest BCUT2D eigenvalue weighted by Crippen LogP contribution is 2.21. The molecule has 0 aliphatic carbocycles. The number of rotatable bonds is 3. The molecule has 0 aliphatic rings. The highest BCUT2D eigenvalue weighted by atomic mass is 32.2. The average molecular weight is 326 g/mol. The van der Waals surface area contributed by atoms with Gasteiger partial charge < -0.3 is 11.1 Å². The Labute approximate surface area is 136 Å². The maximum Gasteiger partial charge on any atom is 0.166 e. The van der Waals surface area contributed by atoms with Crippen molar-refractivity contribution in [2.75, 3.05) is 5.32 Å². The van der Waals surface area contributed by atoms with Gasteiger partial charge in [0.15, 0.2) is 11.0 Å². The summed E-state index contributed by atoms with van der Waals surface area (Å²) in [6, 6.07) is 5.45. The standard InChI is InChI=1S/C14H14N8S/c1-8(15)23-14(16)22-13-3-2-11-12(21-13)4-9(5-17-11)20-10-6-18-19-7-10/h2-7,15,20H,1H3,(H,18,19)(H2,16,21,22). The van der Waals surface area contributed by atoms with Crippen molar-refractivity contribution in [2.24, 2.45) is 10.7 Å². The highest BCUT2D eigenvalue weighted by Gasteiger charge is 2.03. The van der Waals surface area contributed by atoms with Gasteiger partial charge in [0.25, 0.3) is 0 Å². The zero-order valence-electron chi connectivity index (χ0n) is 12.2. The van der Waals surface area contributed by atoms with Crippen LogP contribution in [0.15, 0.2) is 41.8 Å². The summed E-state index contributed by atoms with van der Waals surface area (Å²) in [4.78, 5) is 13.0. The normalized spacial score (nSPS) is 11.6. The maximum absolute atomic E-state index is 7.40. The molecule has 0 unspecified atom stereocenters. The van der Waals surface area contributed by atoms with Gasteiger partial charge in [-0.05, 0) is 36.9 Å². The molecule has 5 N–H and O–H groups in total. The van der Waals surface area contributed by atoms with E-state index in [2.05, 4.69) is 30.5 Å². The van der Waals surface area contributed by atoms with E-state index in [0.717, 1.165) is 28.7 Å². The van der Waals surface area contributed by atoms with Crippen LogP contribution in [0.25, 0.3) is 11.0 Å². The minimum absolute atomic E-state index is 0.282. The second kappa shape index (κ2) is 6.44. The van der Waals surface area contributed by atoms with Crippen LogP contribution < -0.4 is 11.1 Å². The fourth-order valence-corrected chi connectivity index (χ4v) is 2.36. The topological polar surface area (TPSA) is 129 Å². The number of pyridine rings is 2. The fourth-order valence-electron chi connectivity index (χ4n) is 1.90. The smallest absolute Gasteiger partial charge is 0.166 e.